The smallest absolute Gasteiger partial charge is 0.464 e. The molecule has 5 atom stereocenters. The number of esters is 1. The molecule has 1 unspecified atom stereocenters. The molecule has 14 nitrogen and oxygen atoms in total. The van der Waals surface area contributed by atoms with Crippen molar-refractivity contribution in [3.8, 4) is 6.07 Å². The first-order valence-corrected chi connectivity index (χ1v) is 12.3. The average molecular weight is 533 g/mol. The molecule has 2 aliphatic rings. The first-order chi connectivity index (χ1) is 18.2. The van der Waals surface area contributed by atoms with E-state index in [0.29, 0.717) is 18.0 Å². The molecule has 1 aliphatic heterocycles. The third-order valence-electron chi connectivity index (χ3n) is 7.04. The lowest BCUT2D eigenvalue weighted by atomic mass is 9.92. The molecule has 0 bridgehead atoms. The van der Waals surface area contributed by atoms with Crippen LogP contribution in [-0.2, 0) is 29.3 Å². The van der Waals surface area contributed by atoms with Gasteiger partial charge in [0.05, 0.1) is 12.3 Å². The Kier molecular flexibility index (Phi) is 8.32. The van der Waals surface area contributed by atoms with Gasteiger partial charge in [-0.1, -0.05) is 12.8 Å². The highest BCUT2D eigenvalue weighted by Gasteiger charge is 2.58. The van der Waals surface area contributed by atoms with Gasteiger partial charge in [0.15, 0.2) is 5.82 Å². The Labute approximate surface area is 218 Å². The van der Waals surface area contributed by atoms with E-state index in [2.05, 4.69) is 10.1 Å². The molecule has 0 aromatic carbocycles. The molecule has 0 spiro atoms. The van der Waals surface area contributed by atoms with Crippen molar-refractivity contribution in [2.75, 3.05) is 39.6 Å². The average Bonchev–Trinajstić information content (AvgIpc) is 3.62. The Hall–Kier alpha value is -3.51. The molecule has 206 valence electrons. The van der Waals surface area contributed by atoms with Crippen molar-refractivity contribution in [3.63, 3.8) is 0 Å². The monoisotopic (exact) mass is 532 g/mol. The number of aliphatic hydroxyl groups excluding tert-OH is 2. The Balaban J connectivity index is 1.34. The number of carbonyl (C=O) groups excluding carboxylic acids is 2. The van der Waals surface area contributed by atoms with Crippen LogP contribution in [0.4, 0.5) is 10.6 Å². The zero-order valence-electron chi connectivity index (χ0n) is 21.2. The summed E-state index contributed by atoms with van der Waals surface area (Å²) in [5, 5.41) is 35.3. The predicted molar refractivity (Wildman–Crippen MR) is 129 cm³/mol. The van der Waals surface area contributed by atoms with Crippen LogP contribution in [0.2, 0.25) is 0 Å². The molecule has 0 amide bonds. The molecule has 4 N–H and O–H groups in total. The molecule has 1 saturated heterocycles. The number of rotatable bonds is 9. The topological polar surface area (TPSA) is 195 Å². The highest BCUT2D eigenvalue weighted by Crippen LogP contribution is 2.40. The van der Waals surface area contributed by atoms with Gasteiger partial charge in [0.2, 0.25) is 5.60 Å². The SMILES string of the molecule is CN(C)C(COC(=O)OC[C@H]1O[C@@](C#N)(c2ccc3c(N)ncnn23)[C@H](O)[C@@H]1O)C(=O)OCC1CCCC1. The maximum atomic E-state index is 12.5. The maximum Gasteiger partial charge on any atom is 0.508 e. The molecule has 1 aliphatic carbocycles. The largest absolute Gasteiger partial charge is 0.508 e. The number of aliphatic hydroxyl groups is 2. The van der Waals surface area contributed by atoms with Crippen molar-refractivity contribution >= 4 is 23.5 Å². The minimum atomic E-state index is -2.02. The summed E-state index contributed by atoms with van der Waals surface area (Å²) < 4.78 is 22.6. The lowest BCUT2D eigenvalue weighted by Gasteiger charge is -2.24. The van der Waals surface area contributed by atoms with Crippen molar-refractivity contribution in [2.45, 2.75) is 55.6 Å². The Bertz CT molecular complexity index is 1190. The lowest BCUT2D eigenvalue weighted by molar-refractivity contribution is -0.152. The molecule has 3 heterocycles. The normalized spacial score (nSPS) is 26.4. The predicted octanol–water partition coefficient (Wildman–Crippen LogP) is -0.0322. The van der Waals surface area contributed by atoms with E-state index in [4.69, 9.17) is 24.7 Å². The molecule has 2 aromatic rings. The van der Waals surface area contributed by atoms with Gasteiger partial charge in [-0.3, -0.25) is 9.69 Å². The van der Waals surface area contributed by atoms with Crippen molar-refractivity contribution in [2.24, 2.45) is 5.92 Å². The second-order valence-electron chi connectivity index (χ2n) is 9.73. The standard InChI is InChI=1S/C24H32N6O8/c1-29(2)16(22(33)35-9-14-5-3-4-6-14)10-36-23(34)37-11-17-19(31)20(32)24(12-25,38-17)18-8-7-15-21(26)27-13-28-30(15)18/h7-8,13-14,16-17,19-20,31-32H,3-6,9-11H2,1-2H3,(H2,26,27,28)/t16?,17-,19-,20-,24+/m1/s1. The van der Waals surface area contributed by atoms with E-state index in [1.54, 1.807) is 25.1 Å². The zero-order valence-corrected chi connectivity index (χ0v) is 21.2. The van der Waals surface area contributed by atoms with Crippen LogP contribution in [0, 0.1) is 17.2 Å². The Morgan fingerprint density at radius 1 is 1.26 bits per heavy atom. The molecule has 2 fully saturated rings. The van der Waals surface area contributed by atoms with E-state index in [9.17, 15) is 25.1 Å². The highest BCUT2D eigenvalue weighted by molar-refractivity contribution is 5.76. The number of carbonyl (C=O) groups is 2. The number of anilines is 1. The summed E-state index contributed by atoms with van der Waals surface area (Å²) in [7, 11) is 3.32. The molecule has 1 saturated carbocycles. The number of aromatic nitrogens is 3. The van der Waals surface area contributed by atoms with E-state index >= 15 is 0 Å². The van der Waals surface area contributed by atoms with Crippen molar-refractivity contribution in [1.29, 1.82) is 5.26 Å². The van der Waals surface area contributed by atoms with Crippen molar-refractivity contribution in [1.82, 2.24) is 19.5 Å². The summed E-state index contributed by atoms with van der Waals surface area (Å²) in [5.74, 6) is -0.000526. The summed E-state index contributed by atoms with van der Waals surface area (Å²) >= 11 is 0. The second-order valence-corrected chi connectivity index (χ2v) is 9.73. The van der Waals surface area contributed by atoms with Gasteiger partial charge < -0.3 is 34.9 Å². The number of hydrogen-bond acceptors (Lipinski definition) is 13. The summed E-state index contributed by atoms with van der Waals surface area (Å²) in [4.78, 5) is 30.2. The van der Waals surface area contributed by atoms with E-state index < -0.39 is 48.7 Å². The van der Waals surface area contributed by atoms with Gasteiger partial charge in [0, 0.05) is 0 Å². The first kappa shape index (κ1) is 27.5. The van der Waals surface area contributed by atoms with E-state index in [1.165, 1.54) is 16.9 Å². The fourth-order valence-corrected chi connectivity index (χ4v) is 4.79. The second kappa shape index (κ2) is 11.5. The van der Waals surface area contributed by atoms with Crippen LogP contribution >= 0.6 is 0 Å². The number of fused-ring (bicyclic) bond motifs is 1. The molecular weight excluding hydrogens is 500 g/mol. The number of likely N-dealkylation sites (N-methyl/N-ethyl adjacent to an activating group) is 1. The number of nitriles is 1. The minimum absolute atomic E-state index is 0.116. The molecule has 38 heavy (non-hydrogen) atoms. The number of ether oxygens (including phenoxy) is 4. The number of nitrogen functional groups attached to an aromatic ring is 1. The van der Waals surface area contributed by atoms with Crippen LogP contribution in [-0.4, -0.2) is 100 Å². The quantitative estimate of drug-likeness (QED) is 0.365. The Morgan fingerprint density at radius 2 is 2.00 bits per heavy atom. The summed E-state index contributed by atoms with van der Waals surface area (Å²) in [6.07, 6.45) is -0.152. The van der Waals surface area contributed by atoms with Crippen LogP contribution in [0.25, 0.3) is 5.52 Å². The van der Waals surface area contributed by atoms with Gasteiger partial charge in [0.1, 0.15) is 55.5 Å². The minimum Gasteiger partial charge on any atom is -0.464 e. The van der Waals surface area contributed by atoms with Crippen LogP contribution in [0.15, 0.2) is 18.5 Å². The van der Waals surface area contributed by atoms with Gasteiger partial charge in [-0.2, -0.15) is 10.4 Å². The molecule has 4 rings (SSSR count). The van der Waals surface area contributed by atoms with Crippen LogP contribution in [0.3, 0.4) is 0 Å². The fourth-order valence-electron chi connectivity index (χ4n) is 4.79. The van der Waals surface area contributed by atoms with Gasteiger partial charge in [-0.05, 0) is 45.0 Å². The molecular formula is C24H32N6O8. The first-order valence-electron chi connectivity index (χ1n) is 12.3. The summed E-state index contributed by atoms with van der Waals surface area (Å²) in [6, 6.07) is 4.10. The third-order valence-corrected chi connectivity index (χ3v) is 7.04. The van der Waals surface area contributed by atoms with Crippen LogP contribution < -0.4 is 5.73 Å². The maximum absolute atomic E-state index is 12.5. The van der Waals surface area contributed by atoms with Gasteiger partial charge in [-0.25, -0.2) is 14.3 Å². The van der Waals surface area contributed by atoms with E-state index in [-0.39, 0.29) is 18.1 Å². The summed E-state index contributed by atoms with van der Waals surface area (Å²) in [5.41, 5.74) is 4.31. The fraction of sp³-hybridized carbons (Fsp3) is 0.625. The van der Waals surface area contributed by atoms with Crippen molar-refractivity contribution < 1.29 is 38.7 Å². The molecule has 14 heteroatoms. The van der Waals surface area contributed by atoms with E-state index in [1.807, 2.05) is 6.07 Å². The number of hydrogen-bond donors (Lipinski definition) is 3. The zero-order chi connectivity index (χ0) is 27.4. The van der Waals surface area contributed by atoms with Crippen molar-refractivity contribution in [3.05, 3.63) is 24.2 Å². The molecule has 2 aromatic heterocycles. The van der Waals surface area contributed by atoms with Gasteiger partial charge in [-0.15, -0.1) is 0 Å². The molecule has 0 radical (unpaired) electrons. The van der Waals surface area contributed by atoms with E-state index in [0.717, 1.165) is 25.7 Å². The van der Waals surface area contributed by atoms with Crippen LogP contribution in [0.5, 0.6) is 0 Å². The highest BCUT2D eigenvalue weighted by atomic mass is 16.7. The number of nitrogens with zero attached hydrogens (tertiary/aromatic N) is 5. The Morgan fingerprint density at radius 3 is 2.68 bits per heavy atom. The lowest BCUT2D eigenvalue weighted by Crippen LogP contribution is -2.42. The number of nitrogens with two attached hydrogens (primary N) is 1. The van der Waals surface area contributed by atoms with Gasteiger partial charge >= 0.3 is 12.1 Å². The van der Waals surface area contributed by atoms with Gasteiger partial charge in [0.25, 0.3) is 0 Å². The third kappa shape index (κ3) is 5.37. The summed E-state index contributed by atoms with van der Waals surface area (Å²) in [6.45, 7) is -0.506. The van der Waals surface area contributed by atoms with Crippen LogP contribution in [0.1, 0.15) is 31.4 Å².